The molecule has 1 N–H and O–H groups in total. The highest BCUT2D eigenvalue weighted by molar-refractivity contribution is 7.92. The number of alkyl halides is 3. The van der Waals surface area contributed by atoms with Crippen LogP contribution in [0.5, 0.6) is 0 Å². The Kier molecular flexibility index (Phi) is 10.1. The molecule has 0 aliphatic rings. The van der Waals surface area contributed by atoms with E-state index < -0.39 is 56.9 Å². The fraction of sp³-hybridized carbons (Fsp3) is 0.259. The van der Waals surface area contributed by atoms with Crippen molar-refractivity contribution in [1.82, 2.24) is 10.2 Å². The maximum Gasteiger partial charge on any atom is 0.417 e. The van der Waals surface area contributed by atoms with Gasteiger partial charge in [0.15, 0.2) is 0 Å². The van der Waals surface area contributed by atoms with Crippen molar-refractivity contribution in [1.29, 1.82) is 0 Å². The molecule has 3 rings (SSSR count). The highest BCUT2D eigenvalue weighted by Crippen LogP contribution is 2.38. The van der Waals surface area contributed by atoms with Crippen LogP contribution in [0.1, 0.15) is 24.5 Å². The Bertz CT molecular complexity index is 1470. The summed E-state index contributed by atoms with van der Waals surface area (Å²) in [5.74, 6) is -1.34. The summed E-state index contributed by atoms with van der Waals surface area (Å²) in [5.41, 5.74) is -1.21. The molecule has 0 fully saturated rings. The molecule has 0 bridgehead atoms. The number of halogens is 5. The topological polar surface area (TPSA) is 86.8 Å². The molecule has 2 amide bonds. The van der Waals surface area contributed by atoms with Crippen molar-refractivity contribution >= 4 is 50.7 Å². The molecular formula is C27H26Cl2F3N3O4S. The number of likely N-dealkylation sites (N-methyl/N-ethyl adjacent to an activating group) is 1. The Hall–Kier alpha value is -3.28. The van der Waals surface area contributed by atoms with Gasteiger partial charge in [0.05, 0.1) is 21.2 Å². The Morgan fingerprint density at radius 3 is 2.15 bits per heavy atom. The normalized spacial score (nSPS) is 12.5. The number of carbonyl (C=O) groups is 2. The van der Waals surface area contributed by atoms with Crippen molar-refractivity contribution in [2.45, 2.75) is 37.0 Å². The first-order valence-electron chi connectivity index (χ1n) is 12.0. The lowest BCUT2D eigenvalue weighted by atomic mass is 10.1. The van der Waals surface area contributed by atoms with Gasteiger partial charge in [-0.05, 0) is 48.4 Å². The van der Waals surface area contributed by atoms with Crippen LogP contribution in [-0.4, -0.2) is 44.8 Å². The van der Waals surface area contributed by atoms with Gasteiger partial charge in [-0.3, -0.25) is 13.9 Å². The second kappa shape index (κ2) is 12.9. The predicted molar refractivity (Wildman–Crippen MR) is 148 cm³/mol. The van der Waals surface area contributed by atoms with Gasteiger partial charge in [-0.25, -0.2) is 8.42 Å². The highest BCUT2D eigenvalue weighted by Gasteiger charge is 2.37. The number of carbonyl (C=O) groups excluding carboxylic acids is 2. The molecule has 0 spiro atoms. The molecule has 0 aliphatic heterocycles. The molecule has 3 aromatic rings. The Labute approximate surface area is 240 Å². The lowest BCUT2D eigenvalue weighted by Gasteiger charge is -2.33. The van der Waals surface area contributed by atoms with E-state index in [0.29, 0.717) is 21.0 Å². The van der Waals surface area contributed by atoms with Gasteiger partial charge in [0.2, 0.25) is 11.8 Å². The summed E-state index contributed by atoms with van der Waals surface area (Å²) in [6.07, 6.45) is -4.72. The molecule has 214 valence electrons. The minimum atomic E-state index is -4.89. The fourth-order valence-corrected chi connectivity index (χ4v) is 5.88. The van der Waals surface area contributed by atoms with Crippen LogP contribution < -0.4 is 9.62 Å². The van der Waals surface area contributed by atoms with E-state index in [4.69, 9.17) is 23.2 Å². The standard InChI is InChI=1S/C27H26Cl2F3N3O4S/c1-3-24(26(37)33-2)34(16-18-9-7-8-12-22(18)28)25(36)17-35(40(38,39)20-10-5-4-6-11-20)19-13-14-23(29)21(15-19)27(30,31)32/h4-15,24H,3,16-17H2,1-2H3,(H,33,37)/t24-/m1/s1. The second-order valence-electron chi connectivity index (χ2n) is 8.64. The van der Waals surface area contributed by atoms with Crippen LogP contribution in [0.15, 0.2) is 77.7 Å². The quantitative estimate of drug-likeness (QED) is 0.314. The molecule has 0 aromatic heterocycles. The van der Waals surface area contributed by atoms with Gasteiger partial charge >= 0.3 is 6.18 Å². The maximum atomic E-state index is 13.8. The van der Waals surface area contributed by atoms with Crippen molar-refractivity contribution in [3.05, 3.63) is 94.0 Å². The van der Waals surface area contributed by atoms with Gasteiger partial charge in [-0.2, -0.15) is 13.2 Å². The second-order valence-corrected chi connectivity index (χ2v) is 11.3. The summed E-state index contributed by atoms with van der Waals surface area (Å²) >= 11 is 12.1. The van der Waals surface area contributed by atoms with E-state index in [9.17, 15) is 31.2 Å². The van der Waals surface area contributed by atoms with Crippen LogP contribution in [0.2, 0.25) is 10.0 Å². The SMILES string of the molecule is CC[C@H](C(=O)NC)N(Cc1ccccc1Cl)C(=O)CN(c1ccc(Cl)c(C(F)(F)F)c1)S(=O)(=O)c1ccccc1. The third kappa shape index (κ3) is 7.07. The number of nitrogens with one attached hydrogen (secondary N) is 1. The lowest BCUT2D eigenvalue weighted by Crippen LogP contribution is -2.51. The molecule has 0 aliphatic carbocycles. The minimum absolute atomic E-state index is 0.155. The molecular weight excluding hydrogens is 590 g/mol. The molecule has 7 nitrogen and oxygen atoms in total. The molecule has 0 saturated heterocycles. The van der Waals surface area contributed by atoms with Crippen molar-refractivity contribution in [2.75, 3.05) is 17.9 Å². The third-order valence-corrected chi connectivity index (χ3v) is 8.57. The predicted octanol–water partition coefficient (Wildman–Crippen LogP) is 5.76. The van der Waals surface area contributed by atoms with Crippen LogP contribution in [0.25, 0.3) is 0 Å². The van der Waals surface area contributed by atoms with Crippen LogP contribution in [0.3, 0.4) is 0 Å². The van der Waals surface area contributed by atoms with Crippen LogP contribution in [-0.2, 0) is 32.3 Å². The number of anilines is 1. The van der Waals surface area contributed by atoms with E-state index in [-0.39, 0.29) is 17.9 Å². The van der Waals surface area contributed by atoms with Crippen molar-refractivity contribution in [3.8, 4) is 0 Å². The van der Waals surface area contributed by atoms with E-state index in [2.05, 4.69) is 5.32 Å². The van der Waals surface area contributed by atoms with Gasteiger partial charge in [0, 0.05) is 18.6 Å². The van der Waals surface area contributed by atoms with Gasteiger partial charge in [-0.1, -0.05) is 66.5 Å². The smallest absolute Gasteiger partial charge is 0.357 e. The number of hydrogen-bond donors (Lipinski definition) is 1. The maximum absolute atomic E-state index is 13.8. The first kappa shape index (κ1) is 31.3. The highest BCUT2D eigenvalue weighted by atomic mass is 35.5. The van der Waals surface area contributed by atoms with E-state index >= 15 is 0 Å². The average molecular weight is 616 g/mol. The number of rotatable bonds is 10. The van der Waals surface area contributed by atoms with E-state index in [1.165, 1.54) is 31.3 Å². The first-order valence-corrected chi connectivity index (χ1v) is 14.2. The average Bonchev–Trinajstić information content (AvgIpc) is 2.92. The largest absolute Gasteiger partial charge is 0.417 e. The zero-order valence-electron chi connectivity index (χ0n) is 21.5. The number of hydrogen-bond acceptors (Lipinski definition) is 4. The Morgan fingerprint density at radius 1 is 0.950 bits per heavy atom. The van der Waals surface area contributed by atoms with Gasteiger partial charge in [-0.15, -0.1) is 0 Å². The first-order chi connectivity index (χ1) is 18.8. The van der Waals surface area contributed by atoms with Crippen LogP contribution >= 0.6 is 23.2 Å². The zero-order valence-corrected chi connectivity index (χ0v) is 23.8. The van der Waals surface area contributed by atoms with Crippen molar-refractivity contribution < 1.29 is 31.2 Å². The summed E-state index contributed by atoms with van der Waals surface area (Å²) in [6.45, 7) is 0.603. The fourth-order valence-electron chi connectivity index (χ4n) is 4.03. The summed E-state index contributed by atoms with van der Waals surface area (Å²) in [4.78, 5) is 27.5. The molecule has 0 unspecified atom stereocenters. The molecule has 40 heavy (non-hydrogen) atoms. The van der Waals surface area contributed by atoms with Crippen molar-refractivity contribution in [2.24, 2.45) is 0 Å². The van der Waals surface area contributed by atoms with Crippen molar-refractivity contribution in [3.63, 3.8) is 0 Å². The molecule has 3 aromatic carbocycles. The number of nitrogens with zero attached hydrogens (tertiary/aromatic N) is 2. The Balaban J connectivity index is 2.15. The van der Waals surface area contributed by atoms with E-state index in [1.807, 2.05) is 0 Å². The summed E-state index contributed by atoms with van der Waals surface area (Å²) in [6, 6.07) is 15.1. The third-order valence-electron chi connectivity index (χ3n) is 6.08. The monoisotopic (exact) mass is 615 g/mol. The molecule has 0 saturated carbocycles. The molecule has 0 radical (unpaired) electrons. The zero-order chi connectivity index (χ0) is 29.7. The summed E-state index contributed by atoms with van der Waals surface area (Å²) in [7, 11) is -3.16. The van der Waals surface area contributed by atoms with Gasteiger partial charge < -0.3 is 10.2 Å². The van der Waals surface area contributed by atoms with Crippen LogP contribution in [0.4, 0.5) is 18.9 Å². The van der Waals surface area contributed by atoms with Gasteiger partial charge in [0.25, 0.3) is 10.0 Å². The van der Waals surface area contributed by atoms with Crippen LogP contribution in [0, 0.1) is 0 Å². The summed E-state index contributed by atoms with van der Waals surface area (Å²) < 4.78 is 69.0. The number of benzene rings is 3. The molecule has 1 atom stereocenters. The summed E-state index contributed by atoms with van der Waals surface area (Å²) in [5, 5.41) is 2.17. The minimum Gasteiger partial charge on any atom is -0.357 e. The Morgan fingerprint density at radius 2 is 1.57 bits per heavy atom. The lowest BCUT2D eigenvalue weighted by molar-refractivity contribution is -0.140. The van der Waals surface area contributed by atoms with Gasteiger partial charge in [0.1, 0.15) is 12.6 Å². The number of amides is 2. The molecule has 0 heterocycles. The van der Waals surface area contributed by atoms with E-state index in [1.54, 1.807) is 37.3 Å². The van der Waals surface area contributed by atoms with E-state index in [0.717, 1.165) is 17.0 Å². The molecule has 13 heteroatoms. The number of sulfonamides is 1.